The maximum absolute atomic E-state index is 10.9. The van der Waals surface area contributed by atoms with E-state index < -0.39 is 24.1 Å². The molecule has 0 amide bonds. The largest absolute Gasteiger partial charge is 0.448 e. The van der Waals surface area contributed by atoms with Crippen LogP contribution in [0.3, 0.4) is 0 Å². The molecular formula is C7H10O4. The summed E-state index contributed by atoms with van der Waals surface area (Å²) >= 11 is 0. The number of ether oxygens (including phenoxy) is 2. The predicted octanol–water partition coefficient (Wildman–Crippen LogP) is 0.254. The average Bonchev–Trinajstić information content (AvgIpc) is 1.97. The second-order valence-corrected chi connectivity index (χ2v) is 2.41. The van der Waals surface area contributed by atoms with E-state index in [-0.39, 0.29) is 0 Å². The number of rotatable bonds is 1. The minimum absolute atomic E-state index is 0.445. The fraction of sp³-hybridized carbons (Fsp3) is 0.714. The highest BCUT2D eigenvalue weighted by molar-refractivity contribution is 5.87. The molecule has 0 radical (unpaired) electrons. The van der Waals surface area contributed by atoms with Gasteiger partial charge in [0.15, 0.2) is 12.2 Å². The van der Waals surface area contributed by atoms with Gasteiger partial charge >= 0.3 is 11.9 Å². The van der Waals surface area contributed by atoms with Crippen LogP contribution in [-0.2, 0) is 19.1 Å². The molecule has 0 aromatic rings. The predicted molar refractivity (Wildman–Crippen MR) is 35.7 cm³/mol. The molecule has 1 saturated heterocycles. The monoisotopic (exact) mass is 158 g/mol. The topological polar surface area (TPSA) is 52.6 Å². The molecule has 0 aliphatic carbocycles. The Hall–Kier alpha value is -1.06. The highest BCUT2D eigenvalue weighted by atomic mass is 16.6. The quantitative estimate of drug-likeness (QED) is 0.513. The third-order valence-electron chi connectivity index (χ3n) is 1.52. The number of cyclic esters (lactones) is 2. The van der Waals surface area contributed by atoms with Gasteiger partial charge in [-0.25, -0.2) is 9.59 Å². The minimum Gasteiger partial charge on any atom is -0.448 e. The van der Waals surface area contributed by atoms with Crippen LogP contribution in [0, 0.1) is 0 Å². The Morgan fingerprint density at radius 2 is 1.91 bits per heavy atom. The lowest BCUT2D eigenvalue weighted by molar-refractivity contribution is -0.193. The molecule has 1 rings (SSSR count). The number of hydrogen-bond donors (Lipinski definition) is 0. The van der Waals surface area contributed by atoms with Crippen LogP contribution >= 0.6 is 0 Å². The Bertz CT molecular complexity index is 187. The smallest absolute Gasteiger partial charge is 0.348 e. The van der Waals surface area contributed by atoms with Gasteiger partial charge < -0.3 is 9.47 Å². The molecular weight excluding hydrogens is 148 g/mol. The van der Waals surface area contributed by atoms with Crippen molar-refractivity contribution in [3.05, 3.63) is 0 Å². The summed E-state index contributed by atoms with van der Waals surface area (Å²) in [5.41, 5.74) is 0. The first-order valence-electron chi connectivity index (χ1n) is 3.56. The Morgan fingerprint density at radius 3 is 2.45 bits per heavy atom. The van der Waals surface area contributed by atoms with Gasteiger partial charge in [-0.15, -0.1) is 0 Å². The normalized spacial score (nSPS) is 31.1. The zero-order chi connectivity index (χ0) is 8.43. The Labute approximate surface area is 64.5 Å². The summed E-state index contributed by atoms with van der Waals surface area (Å²) in [6, 6.07) is 0. The second kappa shape index (κ2) is 2.90. The molecule has 1 aliphatic rings. The van der Waals surface area contributed by atoms with Gasteiger partial charge in [0.1, 0.15) is 0 Å². The van der Waals surface area contributed by atoms with E-state index in [0.29, 0.717) is 6.42 Å². The van der Waals surface area contributed by atoms with Crippen LogP contribution in [0.25, 0.3) is 0 Å². The number of esters is 2. The van der Waals surface area contributed by atoms with Gasteiger partial charge in [0.05, 0.1) is 0 Å². The molecule has 4 nitrogen and oxygen atoms in total. The van der Waals surface area contributed by atoms with E-state index in [1.54, 1.807) is 6.92 Å². The van der Waals surface area contributed by atoms with Gasteiger partial charge in [-0.3, -0.25) is 0 Å². The van der Waals surface area contributed by atoms with Gasteiger partial charge in [0.2, 0.25) is 0 Å². The zero-order valence-corrected chi connectivity index (χ0v) is 6.49. The van der Waals surface area contributed by atoms with Crippen LogP contribution in [0.5, 0.6) is 0 Å². The van der Waals surface area contributed by atoms with Crippen molar-refractivity contribution in [1.82, 2.24) is 0 Å². The van der Waals surface area contributed by atoms with Crippen LogP contribution < -0.4 is 0 Å². The number of hydrogen-bond acceptors (Lipinski definition) is 4. The van der Waals surface area contributed by atoms with Crippen LogP contribution in [-0.4, -0.2) is 24.1 Å². The van der Waals surface area contributed by atoms with Crippen molar-refractivity contribution in [1.29, 1.82) is 0 Å². The first kappa shape index (κ1) is 8.04. The molecule has 0 aromatic heterocycles. The van der Waals surface area contributed by atoms with Crippen LogP contribution in [0.4, 0.5) is 0 Å². The van der Waals surface area contributed by atoms with Gasteiger partial charge in [-0.2, -0.15) is 0 Å². The van der Waals surface area contributed by atoms with E-state index in [2.05, 4.69) is 4.74 Å². The molecule has 0 spiro atoms. The molecule has 62 valence electrons. The first-order chi connectivity index (χ1) is 5.15. The molecule has 2 atom stereocenters. The maximum Gasteiger partial charge on any atom is 0.348 e. The van der Waals surface area contributed by atoms with Crippen molar-refractivity contribution in [3.63, 3.8) is 0 Å². The number of carbonyl (C=O) groups excluding carboxylic acids is 2. The Kier molecular flexibility index (Phi) is 2.12. The molecule has 11 heavy (non-hydrogen) atoms. The van der Waals surface area contributed by atoms with Crippen molar-refractivity contribution in [2.45, 2.75) is 32.5 Å². The molecule has 0 bridgehead atoms. The van der Waals surface area contributed by atoms with E-state index in [0.717, 1.165) is 0 Å². The van der Waals surface area contributed by atoms with Crippen LogP contribution in [0.2, 0.25) is 0 Å². The maximum atomic E-state index is 10.9. The van der Waals surface area contributed by atoms with Crippen LogP contribution in [0.1, 0.15) is 20.3 Å². The highest BCUT2D eigenvalue weighted by Gasteiger charge is 2.33. The fourth-order valence-electron chi connectivity index (χ4n) is 0.832. The van der Waals surface area contributed by atoms with Crippen LogP contribution in [0.15, 0.2) is 0 Å². The van der Waals surface area contributed by atoms with Crippen molar-refractivity contribution in [3.8, 4) is 0 Å². The van der Waals surface area contributed by atoms with Crippen molar-refractivity contribution in [2.75, 3.05) is 0 Å². The van der Waals surface area contributed by atoms with Gasteiger partial charge in [-0.1, -0.05) is 6.92 Å². The van der Waals surface area contributed by atoms with Gasteiger partial charge in [0, 0.05) is 0 Å². The molecule has 4 heteroatoms. The number of carbonyl (C=O) groups is 2. The van der Waals surface area contributed by atoms with Gasteiger partial charge in [0.25, 0.3) is 0 Å². The summed E-state index contributed by atoms with van der Waals surface area (Å²) in [6.45, 7) is 3.25. The average molecular weight is 158 g/mol. The fourth-order valence-corrected chi connectivity index (χ4v) is 0.832. The minimum atomic E-state index is -0.745. The molecule has 0 N–H and O–H groups in total. The van der Waals surface area contributed by atoms with E-state index in [1.807, 2.05) is 0 Å². The summed E-state index contributed by atoms with van der Waals surface area (Å²) in [5.74, 6) is -0.906. The SMILES string of the molecule is CC[C@@H]1OC(=O)[C@@H](C)OC1=O. The first-order valence-corrected chi connectivity index (χ1v) is 3.56. The van der Waals surface area contributed by atoms with E-state index >= 15 is 0 Å². The zero-order valence-electron chi connectivity index (χ0n) is 6.49. The summed E-state index contributed by atoms with van der Waals surface area (Å²) in [5, 5.41) is 0. The van der Waals surface area contributed by atoms with Gasteiger partial charge in [-0.05, 0) is 13.3 Å². The third-order valence-corrected chi connectivity index (χ3v) is 1.52. The lowest BCUT2D eigenvalue weighted by atomic mass is 10.2. The standard InChI is InChI=1S/C7H10O4/c1-3-5-7(9)10-4(2)6(8)11-5/h4-5H,3H2,1-2H3/t4-,5+/m1/s1. The Balaban J connectivity index is 2.62. The van der Waals surface area contributed by atoms with Crippen molar-refractivity contribution >= 4 is 11.9 Å². The summed E-state index contributed by atoms with van der Waals surface area (Å²) in [6.07, 6.45) is -0.971. The second-order valence-electron chi connectivity index (χ2n) is 2.41. The molecule has 0 aromatic carbocycles. The lowest BCUT2D eigenvalue weighted by Gasteiger charge is -2.24. The van der Waals surface area contributed by atoms with E-state index in [9.17, 15) is 9.59 Å². The summed E-state index contributed by atoms with van der Waals surface area (Å²) < 4.78 is 9.43. The summed E-state index contributed by atoms with van der Waals surface area (Å²) in [7, 11) is 0. The van der Waals surface area contributed by atoms with E-state index in [1.165, 1.54) is 6.92 Å². The Morgan fingerprint density at radius 1 is 1.27 bits per heavy atom. The molecule has 0 unspecified atom stereocenters. The molecule has 1 aliphatic heterocycles. The third kappa shape index (κ3) is 1.50. The molecule has 1 heterocycles. The van der Waals surface area contributed by atoms with Crippen molar-refractivity contribution < 1.29 is 19.1 Å². The van der Waals surface area contributed by atoms with Crippen molar-refractivity contribution in [2.24, 2.45) is 0 Å². The lowest BCUT2D eigenvalue weighted by Crippen LogP contribution is -2.42. The molecule has 0 saturated carbocycles. The molecule has 1 fully saturated rings. The highest BCUT2D eigenvalue weighted by Crippen LogP contribution is 2.11. The van der Waals surface area contributed by atoms with E-state index in [4.69, 9.17) is 4.74 Å². The summed E-state index contributed by atoms with van der Waals surface area (Å²) in [4.78, 5) is 21.7.